The van der Waals surface area contributed by atoms with Crippen LogP contribution in [0.15, 0.2) is 54.7 Å². The molecule has 0 saturated carbocycles. The number of carbonyl (C=O) groups is 1. The third-order valence-electron chi connectivity index (χ3n) is 5.36. The molecule has 0 spiro atoms. The van der Waals surface area contributed by atoms with Crippen molar-refractivity contribution in [2.24, 2.45) is 0 Å². The lowest BCUT2D eigenvalue weighted by Crippen LogP contribution is -2.09. The minimum Gasteiger partial charge on any atom is -0.497 e. The minimum absolute atomic E-state index is 0.0405. The van der Waals surface area contributed by atoms with Gasteiger partial charge in [-0.15, -0.1) is 0 Å². The first-order valence-electron chi connectivity index (χ1n) is 10.5. The molecule has 0 radical (unpaired) electrons. The number of anilines is 2. The van der Waals surface area contributed by atoms with Gasteiger partial charge in [-0.1, -0.05) is 12.1 Å². The van der Waals surface area contributed by atoms with Crippen LogP contribution in [-0.2, 0) is 6.42 Å². The van der Waals surface area contributed by atoms with E-state index in [2.05, 4.69) is 15.3 Å². The number of amides is 1. The lowest BCUT2D eigenvalue weighted by molar-refractivity contribution is 0.209. The van der Waals surface area contributed by atoms with Gasteiger partial charge in [0.15, 0.2) is 0 Å². The monoisotopic (exact) mass is 464 g/mol. The molecule has 1 amide bonds. The van der Waals surface area contributed by atoms with Crippen LogP contribution in [0.2, 0.25) is 0 Å². The van der Waals surface area contributed by atoms with E-state index in [1.165, 1.54) is 0 Å². The number of rotatable bonds is 7. The second kappa shape index (κ2) is 9.70. The van der Waals surface area contributed by atoms with E-state index in [-0.39, 0.29) is 11.3 Å². The molecule has 174 valence electrons. The zero-order chi connectivity index (χ0) is 24.2. The molecule has 0 aliphatic heterocycles. The molecule has 9 heteroatoms. The number of carboxylic acid groups (broad SMARTS) is 1. The summed E-state index contributed by atoms with van der Waals surface area (Å²) < 4.78 is 33.7. The number of benzene rings is 2. The Kier molecular flexibility index (Phi) is 6.53. The van der Waals surface area contributed by atoms with Crippen LogP contribution in [0.5, 0.6) is 5.75 Å². The van der Waals surface area contributed by atoms with Crippen molar-refractivity contribution >= 4 is 28.5 Å². The Labute approximate surface area is 194 Å². The number of pyridine rings is 2. The van der Waals surface area contributed by atoms with Crippen LogP contribution in [0.25, 0.3) is 22.0 Å². The van der Waals surface area contributed by atoms with E-state index < -0.39 is 17.7 Å². The molecule has 0 unspecified atom stereocenters. The number of nitrogens with zero attached hydrogens (tertiary/aromatic N) is 2. The summed E-state index contributed by atoms with van der Waals surface area (Å²) >= 11 is 0. The van der Waals surface area contributed by atoms with Crippen LogP contribution in [0.3, 0.4) is 0 Å². The molecule has 0 aliphatic carbocycles. The third kappa shape index (κ3) is 5.03. The minimum atomic E-state index is -1.44. The van der Waals surface area contributed by atoms with Gasteiger partial charge in [0.1, 0.15) is 23.2 Å². The number of hydrogen-bond donors (Lipinski definition) is 3. The first-order valence-corrected chi connectivity index (χ1v) is 10.5. The Hall–Kier alpha value is -4.27. The zero-order valence-electron chi connectivity index (χ0n) is 18.5. The number of halogens is 2. The van der Waals surface area contributed by atoms with Gasteiger partial charge < -0.3 is 15.2 Å². The van der Waals surface area contributed by atoms with E-state index in [1.807, 2.05) is 29.6 Å². The Morgan fingerprint density at radius 3 is 2.53 bits per heavy atom. The second-order valence-electron chi connectivity index (χ2n) is 7.65. The molecule has 2 heterocycles. The highest BCUT2D eigenvalue weighted by molar-refractivity contribution is 5.88. The highest BCUT2D eigenvalue weighted by atomic mass is 19.1. The van der Waals surface area contributed by atoms with Gasteiger partial charge in [-0.25, -0.2) is 18.6 Å². The second-order valence-corrected chi connectivity index (χ2v) is 7.65. The molecular weight excluding hydrogens is 442 g/mol. The summed E-state index contributed by atoms with van der Waals surface area (Å²) in [6, 6.07) is 13.1. The van der Waals surface area contributed by atoms with E-state index in [4.69, 9.17) is 9.84 Å². The standard InChI is InChI=1S/C25H22F2N4O3/c1-14-18(19-10-23(31-25(32)33)21(27)11-20(19)26)9-16-13-29-24(12-22(16)30-14)28-8-7-15-3-5-17(34-2)6-4-15/h3-6,9-13,31H,7-8H2,1-2H3,(H,28,29)(H,32,33). The Morgan fingerprint density at radius 2 is 1.82 bits per heavy atom. The van der Waals surface area contributed by atoms with Crippen LogP contribution in [0, 0.1) is 18.6 Å². The predicted octanol–water partition coefficient (Wildman–Crippen LogP) is 5.64. The quantitative estimate of drug-likeness (QED) is 0.328. The van der Waals surface area contributed by atoms with Gasteiger partial charge in [0.2, 0.25) is 0 Å². The number of aryl methyl sites for hydroxylation is 1. The maximum Gasteiger partial charge on any atom is 0.409 e. The van der Waals surface area contributed by atoms with Crippen molar-refractivity contribution in [3.63, 3.8) is 0 Å². The largest absolute Gasteiger partial charge is 0.497 e. The summed E-state index contributed by atoms with van der Waals surface area (Å²) in [4.78, 5) is 19.9. The highest BCUT2D eigenvalue weighted by Crippen LogP contribution is 2.32. The van der Waals surface area contributed by atoms with Gasteiger partial charge in [0.05, 0.1) is 18.3 Å². The average Bonchev–Trinajstić information content (AvgIpc) is 2.81. The molecule has 0 fully saturated rings. The fraction of sp³-hybridized carbons (Fsp3) is 0.160. The molecule has 0 aliphatic rings. The van der Waals surface area contributed by atoms with Crippen LogP contribution < -0.4 is 15.4 Å². The van der Waals surface area contributed by atoms with Crippen LogP contribution in [0.4, 0.5) is 25.1 Å². The fourth-order valence-corrected chi connectivity index (χ4v) is 3.63. The number of ether oxygens (including phenoxy) is 1. The van der Waals surface area contributed by atoms with Gasteiger partial charge in [0, 0.05) is 47.1 Å². The molecular formula is C25H22F2N4O3. The van der Waals surface area contributed by atoms with Gasteiger partial charge in [-0.05, 0) is 43.2 Å². The van der Waals surface area contributed by atoms with Crippen molar-refractivity contribution in [1.82, 2.24) is 9.97 Å². The molecule has 3 N–H and O–H groups in total. The van der Waals surface area contributed by atoms with E-state index in [0.717, 1.165) is 23.8 Å². The normalized spacial score (nSPS) is 10.8. The van der Waals surface area contributed by atoms with Crippen molar-refractivity contribution in [2.75, 3.05) is 24.3 Å². The fourth-order valence-electron chi connectivity index (χ4n) is 3.63. The van der Waals surface area contributed by atoms with Crippen molar-refractivity contribution in [3.05, 3.63) is 77.6 Å². The van der Waals surface area contributed by atoms with Crippen LogP contribution >= 0.6 is 0 Å². The molecule has 0 bridgehead atoms. The SMILES string of the molecule is COc1ccc(CCNc2cc3nc(C)c(-c4cc(NC(=O)O)c(F)cc4F)cc3cn2)cc1. The van der Waals surface area contributed by atoms with E-state index >= 15 is 0 Å². The lowest BCUT2D eigenvalue weighted by atomic mass is 10.0. The summed E-state index contributed by atoms with van der Waals surface area (Å²) in [7, 11) is 1.63. The summed E-state index contributed by atoms with van der Waals surface area (Å²) in [6.07, 6.45) is 0.978. The highest BCUT2D eigenvalue weighted by Gasteiger charge is 2.16. The van der Waals surface area contributed by atoms with Crippen molar-refractivity contribution in [2.45, 2.75) is 13.3 Å². The lowest BCUT2D eigenvalue weighted by Gasteiger charge is -2.12. The zero-order valence-corrected chi connectivity index (χ0v) is 18.5. The molecule has 0 saturated heterocycles. The summed E-state index contributed by atoms with van der Waals surface area (Å²) in [6.45, 7) is 2.38. The number of methoxy groups -OCH3 is 1. The molecule has 34 heavy (non-hydrogen) atoms. The van der Waals surface area contributed by atoms with Gasteiger partial charge in [-0.3, -0.25) is 10.3 Å². The maximum atomic E-state index is 14.5. The number of hydrogen-bond acceptors (Lipinski definition) is 5. The Morgan fingerprint density at radius 1 is 1.06 bits per heavy atom. The van der Waals surface area contributed by atoms with E-state index in [0.29, 0.717) is 40.6 Å². The molecule has 7 nitrogen and oxygen atoms in total. The Bertz CT molecular complexity index is 1360. The first kappa shape index (κ1) is 22.9. The van der Waals surface area contributed by atoms with Crippen LogP contribution in [0.1, 0.15) is 11.3 Å². The molecule has 4 rings (SSSR count). The molecule has 4 aromatic rings. The summed E-state index contributed by atoms with van der Waals surface area (Å²) in [5.41, 5.74) is 2.45. The molecule has 2 aromatic carbocycles. The average molecular weight is 464 g/mol. The van der Waals surface area contributed by atoms with E-state index in [1.54, 1.807) is 32.4 Å². The van der Waals surface area contributed by atoms with Crippen molar-refractivity contribution in [1.29, 1.82) is 0 Å². The molecule has 2 aromatic heterocycles. The number of aromatic nitrogens is 2. The first-order chi connectivity index (χ1) is 16.3. The topological polar surface area (TPSA) is 96.4 Å². The van der Waals surface area contributed by atoms with Crippen molar-refractivity contribution < 1.29 is 23.4 Å². The van der Waals surface area contributed by atoms with Gasteiger partial charge >= 0.3 is 6.09 Å². The third-order valence-corrected chi connectivity index (χ3v) is 5.36. The van der Waals surface area contributed by atoms with Crippen molar-refractivity contribution in [3.8, 4) is 16.9 Å². The number of fused-ring (bicyclic) bond motifs is 1. The maximum absolute atomic E-state index is 14.5. The van der Waals surface area contributed by atoms with Crippen LogP contribution in [-0.4, -0.2) is 34.8 Å². The smallest absolute Gasteiger partial charge is 0.409 e. The summed E-state index contributed by atoms with van der Waals surface area (Å²) in [5.74, 6) is -0.352. The van der Waals surface area contributed by atoms with Gasteiger partial charge in [-0.2, -0.15) is 0 Å². The molecule has 0 atom stereocenters. The number of nitrogens with one attached hydrogen (secondary N) is 2. The Balaban J connectivity index is 1.55. The van der Waals surface area contributed by atoms with E-state index in [9.17, 15) is 13.6 Å². The summed E-state index contributed by atoms with van der Waals surface area (Å²) in [5, 5.41) is 14.8. The predicted molar refractivity (Wildman–Crippen MR) is 126 cm³/mol. The van der Waals surface area contributed by atoms with Gasteiger partial charge in [0.25, 0.3) is 0 Å².